The van der Waals surface area contributed by atoms with Crippen LogP contribution in [0.2, 0.25) is 5.15 Å². The Balaban J connectivity index is 2.47. The molecule has 0 spiro atoms. The van der Waals surface area contributed by atoms with Gasteiger partial charge in [0.2, 0.25) is 0 Å². The Morgan fingerprint density at radius 3 is 2.77 bits per heavy atom. The SMILES string of the molecule is CCC(=O)C(C)(C)N1COC(C)=C(c2cccnc2Cl)C1=O. The van der Waals surface area contributed by atoms with Crippen molar-refractivity contribution in [1.29, 1.82) is 0 Å². The van der Waals surface area contributed by atoms with Crippen LogP contribution < -0.4 is 0 Å². The van der Waals surface area contributed by atoms with E-state index in [-0.39, 0.29) is 23.6 Å². The van der Waals surface area contributed by atoms with E-state index in [2.05, 4.69) is 4.98 Å². The van der Waals surface area contributed by atoms with Gasteiger partial charge in [0.25, 0.3) is 5.91 Å². The Labute approximate surface area is 134 Å². The number of carbonyl (C=O) groups is 2. The average molecular weight is 323 g/mol. The minimum atomic E-state index is -0.938. The third kappa shape index (κ3) is 2.73. The van der Waals surface area contributed by atoms with Crippen molar-refractivity contribution in [3.8, 4) is 0 Å². The molecule has 0 atom stereocenters. The number of aromatic nitrogens is 1. The lowest BCUT2D eigenvalue weighted by Crippen LogP contribution is -2.55. The smallest absolute Gasteiger partial charge is 0.261 e. The van der Waals surface area contributed by atoms with Crippen LogP contribution in [0.1, 0.15) is 39.7 Å². The highest BCUT2D eigenvalue weighted by molar-refractivity contribution is 6.34. The normalized spacial score (nSPS) is 15.9. The molecule has 1 aliphatic rings. The Kier molecular flexibility index (Phi) is 4.56. The number of ketones is 1. The van der Waals surface area contributed by atoms with Crippen LogP contribution in [0.15, 0.2) is 24.1 Å². The quantitative estimate of drug-likeness (QED) is 0.799. The molecule has 1 amide bonds. The molecule has 2 heterocycles. The molecule has 1 aromatic heterocycles. The number of amides is 1. The van der Waals surface area contributed by atoms with E-state index in [4.69, 9.17) is 16.3 Å². The van der Waals surface area contributed by atoms with Crippen molar-refractivity contribution < 1.29 is 14.3 Å². The topological polar surface area (TPSA) is 59.5 Å². The van der Waals surface area contributed by atoms with E-state index in [0.29, 0.717) is 23.3 Å². The molecule has 0 saturated heterocycles. The molecule has 2 rings (SSSR count). The molecule has 118 valence electrons. The zero-order chi connectivity index (χ0) is 16.5. The van der Waals surface area contributed by atoms with E-state index >= 15 is 0 Å². The largest absolute Gasteiger partial charge is 0.477 e. The number of halogens is 1. The monoisotopic (exact) mass is 322 g/mol. The zero-order valence-corrected chi connectivity index (χ0v) is 13.9. The lowest BCUT2D eigenvalue weighted by Gasteiger charge is -2.40. The lowest BCUT2D eigenvalue weighted by atomic mass is 9.92. The van der Waals surface area contributed by atoms with Crippen molar-refractivity contribution in [3.05, 3.63) is 34.8 Å². The highest BCUT2D eigenvalue weighted by atomic mass is 35.5. The Bertz CT molecular complexity index is 653. The van der Waals surface area contributed by atoms with E-state index in [1.54, 1.807) is 46.0 Å². The summed E-state index contributed by atoms with van der Waals surface area (Å²) in [6.07, 6.45) is 1.90. The molecular formula is C16H19ClN2O3. The van der Waals surface area contributed by atoms with Gasteiger partial charge in [-0.15, -0.1) is 0 Å². The van der Waals surface area contributed by atoms with E-state index in [1.165, 1.54) is 4.90 Å². The molecule has 1 aliphatic heterocycles. The van der Waals surface area contributed by atoms with Crippen LogP contribution >= 0.6 is 11.6 Å². The third-order valence-corrected chi connectivity index (χ3v) is 4.23. The standard InChI is InChI=1S/C16H19ClN2O3/c1-5-12(20)16(3,4)19-9-22-10(2)13(15(19)21)11-7-6-8-18-14(11)17/h6-8H,5,9H2,1-4H3. The van der Waals surface area contributed by atoms with Gasteiger partial charge < -0.3 is 4.74 Å². The molecule has 0 saturated carbocycles. The van der Waals surface area contributed by atoms with Crippen molar-refractivity contribution in [3.63, 3.8) is 0 Å². The van der Waals surface area contributed by atoms with Gasteiger partial charge in [0, 0.05) is 18.2 Å². The number of ether oxygens (including phenoxy) is 1. The van der Waals surface area contributed by atoms with Crippen molar-refractivity contribution in [2.75, 3.05) is 6.73 Å². The Hall–Kier alpha value is -1.88. The number of rotatable bonds is 4. The Morgan fingerprint density at radius 1 is 1.50 bits per heavy atom. The molecule has 0 bridgehead atoms. The fourth-order valence-electron chi connectivity index (χ4n) is 2.45. The minimum Gasteiger partial charge on any atom is -0.477 e. The van der Waals surface area contributed by atoms with Gasteiger partial charge >= 0.3 is 0 Å². The maximum Gasteiger partial charge on any atom is 0.261 e. The van der Waals surface area contributed by atoms with Gasteiger partial charge in [0.05, 0.1) is 11.1 Å². The summed E-state index contributed by atoms with van der Waals surface area (Å²) in [6, 6.07) is 3.42. The molecule has 0 aromatic carbocycles. The fourth-order valence-corrected chi connectivity index (χ4v) is 2.67. The summed E-state index contributed by atoms with van der Waals surface area (Å²) in [6.45, 7) is 6.99. The maximum atomic E-state index is 12.9. The van der Waals surface area contributed by atoms with Gasteiger partial charge in [-0.05, 0) is 32.9 Å². The summed E-state index contributed by atoms with van der Waals surface area (Å²) in [5.74, 6) is 0.182. The summed E-state index contributed by atoms with van der Waals surface area (Å²) in [7, 11) is 0. The molecule has 0 radical (unpaired) electrons. The van der Waals surface area contributed by atoms with Gasteiger partial charge in [0.15, 0.2) is 12.5 Å². The van der Waals surface area contributed by atoms with Crippen LogP contribution in [0.5, 0.6) is 0 Å². The maximum absolute atomic E-state index is 12.9. The Morgan fingerprint density at radius 2 is 2.18 bits per heavy atom. The van der Waals surface area contributed by atoms with E-state index in [9.17, 15) is 9.59 Å². The second-order valence-electron chi connectivity index (χ2n) is 5.62. The van der Waals surface area contributed by atoms with Crippen LogP contribution in [0.25, 0.3) is 5.57 Å². The molecule has 0 N–H and O–H groups in total. The number of pyridine rings is 1. The van der Waals surface area contributed by atoms with Crippen molar-refractivity contribution in [2.45, 2.75) is 39.7 Å². The van der Waals surface area contributed by atoms with Crippen molar-refractivity contribution in [1.82, 2.24) is 9.88 Å². The van der Waals surface area contributed by atoms with E-state index < -0.39 is 5.54 Å². The first-order chi connectivity index (χ1) is 10.3. The summed E-state index contributed by atoms with van der Waals surface area (Å²) < 4.78 is 5.61. The molecular weight excluding hydrogens is 304 g/mol. The second-order valence-corrected chi connectivity index (χ2v) is 5.97. The second kappa shape index (κ2) is 6.08. The number of hydrogen-bond donors (Lipinski definition) is 0. The molecule has 22 heavy (non-hydrogen) atoms. The highest BCUT2D eigenvalue weighted by Gasteiger charge is 2.41. The molecule has 1 aromatic rings. The van der Waals surface area contributed by atoms with Gasteiger partial charge in [0.1, 0.15) is 10.9 Å². The lowest BCUT2D eigenvalue weighted by molar-refractivity contribution is -0.148. The number of Topliss-reactive ketones (excluding diaryl/α,β-unsaturated/α-hetero) is 1. The van der Waals surface area contributed by atoms with Crippen LogP contribution in [0.4, 0.5) is 0 Å². The van der Waals surface area contributed by atoms with Crippen molar-refractivity contribution >= 4 is 28.9 Å². The number of allylic oxidation sites excluding steroid dienone is 1. The van der Waals surface area contributed by atoms with Gasteiger partial charge in [-0.2, -0.15) is 0 Å². The summed E-state index contributed by atoms with van der Waals surface area (Å²) in [5.41, 5.74) is -0.0793. The van der Waals surface area contributed by atoms with Crippen LogP contribution in [0, 0.1) is 0 Å². The number of carbonyl (C=O) groups excluding carboxylic acids is 2. The highest BCUT2D eigenvalue weighted by Crippen LogP contribution is 2.33. The van der Waals surface area contributed by atoms with Crippen LogP contribution in [0.3, 0.4) is 0 Å². The summed E-state index contributed by atoms with van der Waals surface area (Å²) in [5, 5.41) is 0.232. The third-order valence-electron chi connectivity index (χ3n) is 3.93. The fraction of sp³-hybridized carbons (Fsp3) is 0.438. The average Bonchev–Trinajstić information content (AvgIpc) is 2.48. The summed E-state index contributed by atoms with van der Waals surface area (Å²) in [4.78, 5) is 30.5. The first-order valence-corrected chi connectivity index (χ1v) is 7.48. The molecule has 0 fully saturated rings. The predicted octanol–water partition coefficient (Wildman–Crippen LogP) is 3.04. The molecule has 0 unspecified atom stereocenters. The van der Waals surface area contributed by atoms with Crippen molar-refractivity contribution in [2.24, 2.45) is 0 Å². The van der Waals surface area contributed by atoms with Gasteiger partial charge in [-0.3, -0.25) is 14.5 Å². The van der Waals surface area contributed by atoms with E-state index in [1.807, 2.05) is 0 Å². The van der Waals surface area contributed by atoms with Gasteiger partial charge in [-0.25, -0.2) is 4.98 Å². The first kappa shape index (κ1) is 16.5. The number of nitrogens with zero attached hydrogens (tertiary/aromatic N) is 2. The van der Waals surface area contributed by atoms with Gasteiger partial charge in [-0.1, -0.05) is 18.5 Å². The first-order valence-electron chi connectivity index (χ1n) is 7.10. The molecule has 5 nitrogen and oxygen atoms in total. The van der Waals surface area contributed by atoms with Crippen LogP contribution in [-0.4, -0.2) is 33.8 Å². The number of hydrogen-bond acceptors (Lipinski definition) is 4. The summed E-state index contributed by atoms with van der Waals surface area (Å²) >= 11 is 6.10. The molecule has 6 heteroatoms. The molecule has 0 aliphatic carbocycles. The zero-order valence-electron chi connectivity index (χ0n) is 13.1. The predicted molar refractivity (Wildman–Crippen MR) is 84.0 cm³/mol. The van der Waals surface area contributed by atoms with Crippen LogP contribution in [-0.2, 0) is 14.3 Å². The minimum absolute atomic E-state index is 0.0272. The van der Waals surface area contributed by atoms with E-state index in [0.717, 1.165) is 0 Å².